The molecule has 0 bridgehead atoms. The third-order valence-corrected chi connectivity index (χ3v) is 3.05. The Kier molecular flexibility index (Phi) is 3.20. The number of benzene rings is 1. The summed E-state index contributed by atoms with van der Waals surface area (Å²) < 4.78 is 0. The zero-order valence-electron chi connectivity index (χ0n) is 8.63. The van der Waals surface area contributed by atoms with Crippen LogP contribution in [0.25, 0.3) is 0 Å². The Labute approximate surface area is 86.3 Å². The third kappa shape index (κ3) is 2.16. The van der Waals surface area contributed by atoms with Crippen molar-refractivity contribution in [1.29, 1.82) is 0 Å². The lowest BCUT2D eigenvalue weighted by atomic mass is 9.84. The minimum Gasteiger partial charge on any atom is -0.326 e. The van der Waals surface area contributed by atoms with Gasteiger partial charge < -0.3 is 5.73 Å². The highest BCUT2D eigenvalue weighted by Crippen LogP contribution is 2.31. The van der Waals surface area contributed by atoms with Crippen LogP contribution in [0, 0.1) is 5.92 Å². The highest BCUT2D eigenvalue weighted by atomic mass is 14.5. The van der Waals surface area contributed by atoms with Crippen LogP contribution in [0.3, 0.4) is 0 Å². The molecule has 0 aliphatic heterocycles. The molecule has 0 spiro atoms. The maximum atomic E-state index is 5.57. The van der Waals surface area contributed by atoms with E-state index >= 15 is 0 Å². The molecule has 75 valence electrons. The molecule has 2 N–H and O–H groups in total. The molecule has 1 heteroatoms. The van der Waals surface area contributed by atoms with Crippen molar-refractivity contribution < 1.29 is 0 Å². The summed E-state index contributed by atoms with van der Waals surface area (Å²) in [7, 11) is 0. The van der Waals surface area contributed by atoms with Gasteiger partial charge in [-0.2, -0.15) is 0 Å². The number of hydrogen-bond acceptors (Lipinski definition) is 1. The quantitative estimate of drug-likeness (QED) is 0.758. The summed E-state index contributed by atoms with van der Waals surface area (Å²) in [5.74, 6) is 1.64. The van der Waals surface area contributed by atoms with Gasteiger partial charge in [-0.05, 0) is 24.0 Å². The van der Waals surface area contributed by atoms with Gasteiger partial charge in [0.1, 0.15) is 0 Å². The fraction of sp³-hybridized carbons (Fsp3) is 0.462. The first kappa shape index (κ1) is 9.72. The van der Waals surface area contributed by atoms with Crippen molar-refractivity contribution in [3.8, 4) is 0 Å². The van der Waals surface area contributed by atoms with Gasteiger partial charge >= 0.3 is 0 Å². The molecule has 0 amide bonds. The second-order valence-corrected chi connectivity index (χ2v) is 4.07. The summed E-state index contributed by atoms with van der Waals surface area (Å²) in [6.07, 6.45) is 6.73. The van der Waals surface area contributed by atoms with Crippen molar-refractivity contribution in [3.63, 3.8) is 0 Å². The van der Waals surface area contributed by atoms with Gasteiger partial charge in [-0.25, -0.2) is 0 Å². The molecule has 1 fully saturated rings. The molecule has 0 heterocycles. The topological polar surface area (TPSA) is 26.0 Å². The standard InChI is InChI=1S/C13H18N/c14-10-11-6-8-13(9-7-11)12-4-2-1-3-5-12/h6-9H,1-5,10,14H2. The molecule has 1 aliphatic carbocycles. The van der Waals surface area contributed by atoms with Crippen LogP contribution in [-0.4, -0.2) is 0 Å². The van der Waals surface area contributed by atoms with E-state index in [4.69, 9.17) is 5.73 Å². The van der Waals surface area contributed by atoms with Gasteiger partial charge in [-0.1, -0.05) is 43.5 Å². The largest absolute Gasteiger partial charge is 0.326 e. The Balaban J connectivity index is 2.07. The van der Waals surface area contributed by atoms with E-state index in [-0.39, 0.29) is 0 Å². The predicted octanol–water partition coefficient (Wildman–Crippen LogP) is 3.03. The third-order valence-electron chi connectivity index (χ3n) is 3.05. The van der Waals surface area contributed by atoms with Gasteiger partial charge in [0.2, 0.25) is 0 Å². The molecule has 1 nitrogen and oxygen atoms in total. The van der Waals surface area contributed by atoms with E-state index in [0.717, 1.165) is 0 Å². The highest BCUT2D eigenvalue weighted by molar-refractivity contribution is 5.33. The van der Waals surface area contributed by atoms with Gasteiger partial charge in [-0.3, -0.25) is 0 Å². The molecule has 14 heavy (non-hydrogen) atoms. The normalized spacial score (nSPS) is 18.4. The van der Waals surface area contributed by atoms with Crippen molar-refractivity contribution in [2.24, 2.45) is 5.73 Å². The summed E-state index contributed by atoms with van der Waals surface area (Å²) in [6.45, 7) is 0.648. The number of rotatable bonds is 2. The fourth-order valence-corrected chi connectivity index (χ4v) is 2.14. The maximum Gasteiger partial charge on any atom is 0.0178 e. The van der Waals surface area contributed by atoms with Crippen LogP contribution < -0.4 is 5.73 Å². The average Bonchev–Trinajstić information content (AvgIpc) is 2.30. The first-order valence-electron chi connectivity index (χ1n) is 5.54. The summed E-state index contributed by atoms with van der Waals surface area (Å²) in [4.78, 5) is 0. The molecule has 2 rings (SSSR count). The molecule has 1 saturated carbocycles. The Hall–Kier alpha value is -0.820. The van der Waals surface area contributed by atoms with Gasteiger partial charge in [0.15, 0.2) is 0 Å². The lowest BCUT2D eigenvalue weighted by Crippen LogP contribution is -2.05. The minimum atomic E-state index is 0.648. The Bertz CT molecular complexity index is 270. The summed E-state index contributed by atoms with van der Waals surface area (Å²) in [5, 5.41) is 0. The van der Waals surface area contributed by atoms with Crippen LogP contribution in [-0.2, 0) is 6.54 Å². The Morgan fingerprint density at radius 3 is 2.14 bits per heavy atom. The lowest BCUT2D eigenvalue weighted by molar-refractivity contribution is 0.551. The van der Waals surface area contributed by atoms with Crippen molar-refractivity contribution in [2.45, 2.75) is 38.6 Å². The zero-order valence-corrected chi connectivity index (χ0v) is 8.63. The van der Waals surface area contributed by atoms with Crippen LogP contribution in [0.2, 0.25) is 0 Å². The summed E-state index contributed by atoms with van der Waals surface area (Å²) in [6, 6.07) is 8.75. The molecule has 1 radical (unpaired) electrons. The van der Waals surface area contributed by atoms with Crippen LogP contribution in [0.15, 0.2) is 24.3 Å². The highest BCUT2D eigenvalue weighted by Gasteiger charge is 2.15. The average molecular weight is 188 g/mol. The molecule has 0 aromatic heterocycles. The Morgan fingerprint density at radius 1 is 0.929 bits per heavy atom. The first-order valence-corrected chi connectivity index (χ1v) is 5.54. The van der Waals surface area contributed by atoms with Gasteiger partial charge in [0, 0.05) is 12.5 Å². The van der Waals surface area contributed by atoms with E-state index in [2.05, 4.69) is 24.3 Å². The maximum absolute atomic E-state index is 5.57. The van der Waals surface area contributed by atoms with E-state index in [1.807, 2.05) is 0 Å². The van der Waals surface area contributed by atoms with E-state index in [0.29, 0.717) is 6.54 Å². The molecule has 1 aliphatic rings. The van der Waals surface area contributed by atoms with Crippen molar-refractivity contribution in [3.05, 3.63) is 41.3 Å². The molecule has 0 unspecified atom stereocenters. The zero-order chi connectivity index (χ0) is 9.80. The molecule has 1 aromatic carbocycles. The van der Waals surface area contributed by atoms with Crippen molar-refractivity contribution in [2.75, 3.05) is 0 Å². The molecule has 0 atom stereocenters. The van der Waals surface area contributed by atoms with Gasteiger partial charge in [-0.15, -0.1) is 0 Å². The second-order valence-electron chi connectivity index (χ2n) is 4.07. The number of nitrogens with two attached hydrogens (primary N) is 1. The molecular weight excluding hydrogens is 170 g/mol. The minimum absolute atomic E-state index is 0.648. The molecule has 1 aromatic rings. The van der Waals surface area contributed by atoms with E-state index < -0.39 is 0 Å². The van der Waals surface area contributed by atoms with E-state index in [9.17, 15) is 0 Å². The summed E-state index contributed by atoms with van der Waals surface area (Å²) >= 11 is 0. The molecule has 0 saturated heterocycles. The van der Waals surface area contributed by atoms with Crippen LogP contribution >= 0.6 is 0 Å². The second kappa shape index (κ2) is 4.61. The lowest BCUT2D eigenvalue weighted by Gasteiger charge is -2.21. The Morgan fingerprint density at radius 2 is 1.57 bits per heavy atom. The van der Waals surface area contributed by atoms with Gasteiger partial charge in [0.05, 0.1) is 0 Å². The SMILES string of the molecule is NCc1ccc([C]2CCCCC2)cc1. The van der Waals surface area contributed by atoms with Crippen LogP contribution in [0.5, 0.6) is 0 Å². The summed E-state index contributed by atoms with van der Waals surface area (Å²) in [5.41, 5.74) is 8.23. The molecular formula is C13H18N. The van der Waals surface area contributed by atoms with Gasteiger partial charge in [0.25, 0.3) is 0 Å². The van der Waals surface area contributed by atoms with Crippen molar-refractivity contribution in [1.82, 2.24) is 0 Å². The van der Waals surface area contributed by atoms with Crippen LogP contribution in [0.1, 0.15) is 43.2 Å². The monoisotopic (exact) mass is 188 g/mol. The first-order chi connectivity index (χ1) is 6.90. The van der Waals surface area contributed by atoms with Crippen molar-refractivity contribution >= 4 is 0 Å². The van der Waals surface area contributed by atoms with Crippen LogP contribution in [0.4, 0.5) is 0 Å². The fourth-order valence-electron chi connectivity index (χ4n) is 2.14. The van der Waals surface area contributed by atoms with E-state index in [1.165, 1.54) is 43.2 Å². The predicted molar refractivity (Wildman–Crippen MR) is 59.8 cm³/mol. The smallest absolute Gasteiger partial charge is 0.0178 e. The number of hydrogen-bond donors (Lipinski definition) is 1. The van der Waals surface area contributed by atoms with E-state index in [1.54, 1.807) is 5.92 Å².